The number of ether oxygens (including phenoxy) is 1. The van der Waals surface area contributed by atoms with Gasteiger partial charge in [0.15, 0.2) is 5.82 Å². The molecule has 0 saturated heterocycles. The molecule has 0 aromatic carbocycles. The molecule has 0 fully saturated rings. The Hall–Kier alpha value is -3.74. The average Bonchev–Trinajstić information content (AvgIpc) is 3.25. The van der Waals surface area contributed by atoms with Gasteiger partial charge in [0.2, 0.25) is 11.9 Å². The average molecular weight is 490 g/mol. The molecule has 4 rings (SSSR count). The first-order valence-electron chi connectivity index (χ1n) is 10.8. The summed E-state index contributed by atoms with van der Waals surface area (Å²) in [7, 11) is 3.32. The lowest BCUT2D eigenvalue weighted by molar-refractivity contribution is -0.141. The van der Waals surface area contributed by atoms with E-state index in [2.05, 4.69) is 30.7 Å². The molecule has 1 amide bonds. The number of carbonyl (C=O) groups is 1. The Balaban J connectivity index is 1.46. The maximum Gasteiger partial charge on any atom is 0.433 e. The van der Waals surface area contributed by atoms with Gasteiger partial charge in [-0.2, -0.15) is 23.3 Å². The highest BCUT2D eigenvalue weighted by Crippen LogP contribution is 2.33. The number of fused-ring (bicyclic) bond motifs is 1. The molecule has 0 aliphatic carbocycles. The van der Waals surface area contributed by atoms with Gasteiger partial charge in [-0.25, -0.2) is 9.97 Å². The van der Waals surface area contributed by atoms with Gasteiger partial charge in [-0.1, -0.05) is 6.07 Å². The van der Waals surface area contributed by atoms with Crippen LogP contribution in [-0.2, 0) is 28.8 Å². The number of nitrogens with one attached hydrogen (secondary N) is 2. The van der Waals surface area contributed by atoms with Crippen molar-refractivity contribution in [3.8, 4) is 0 Å². The fourth-order valence-corrected chi connectivity index (χ4v) is 3.86. The number of aromatic nitrogens is 5. The number of likely N-dealkylation sites (N-methyl/N-ethyl adjacent to an activating group) is 1. The number of alkyl halides is 3. The smallest absolute Gasteiger partial charge is 0.379 e. The van der Waals surface area contributed by atoms with Crippen molar-refractivity contribution in [1.29, 1.82) is 0 Å². The fraction of sp³-hybridized carbons (Fsp3) is 0.409. The van der Waals surface area contributed by atoms with E-state index in [0.717, 1.165) is 11.6 Å². The van der Waals surface area contributed by atoms with Gasteiger partial charge in [-0.3, -0.25) is 9.48 Å². The summed E-state index contributed by atoms with van der Waals surface area (Å²) in [6.07, 6.45) is -1.53. The van der Waals surface area contributed by atoms with E-state index in [-0.39, 0.29) is 24.2 Å². The SMILES string of the molecule is CO[C@H](C)[C@H]1C(=O)Nc2c(C)nc(NCc3cnn(Cc4cccc(C(F)(F)F)n4)c3)nc2N1C. The summed E-state index contributed by atoms with van der Waals surface area (Å²) in [6, 6.07) is 3.23. The van der Waals surface area contributed by atoms with Crippen molar-refractivity contribution in [2.45, 2.75) is 45.3 Å². The highest BCUT2D eigenvalue weighted by molar-refractivity contribution is 6.03. The Kier molecular flexibility index (Phi) is 6.61. The van der Waals surface area contributed by atoms with Crippen LogP contribution in [-0.4, -0.2) is 56.9 Å². The maximum atomic E-state index is 12.9. The molecule has 2 atom stereocenters. The number of hydrogen-bond acceptors (Lipinski definition) is 8. The maximum absolute atomic E-state index is 12.9. The normalized spacial score (nSPS) is 16.6. The van der Waals surface area contributed by atoms with E-state index in [1.165, 1.54) is 16.8 Å². The number of pyridine rings is 1. The summed E-state index contributed by atoms with van der Waals surface area (Å²) in [5.74, 6) is 0.740. The number of halogens is 3. The van der Waals surface area contributed by atoms with Gasteiger partial charge in [0.1, 0.15) is 17.4 Å². The zero-order valence-corrected chi connectivity index (χ0v) is 19.6. The molecule has 0 unspecified atom stereocenters. The van der Waals surface area contributed by atoms with E-state index >= 15 is 0 Å². The van der Waals surface area contributed by atoms with E-state index in [9.17, 15) is 18.0 Å². The fourth-order valence-electron chi connectivity index (χ4n) is 3.86. The number of hydrogen-bond donors (Lipinski definition) is 2. The van der Waals surface area contributed by atoms with Gasteiger partial charge >= 0.3 is 6.18 Å². The van der Waals surface area contributed by atoms with Gasteiger partial charge in [0, 0.05) is 32.5 Å². The number of aryl methyl sites for hydroxylation is 1. The Labute approximate surface area is 199 Å². The van der Waals surface area contributed by atoms with Crippen LogP contribution in [0.3, 0.4) is 0 Å². The minimum absolute atomic E-state index is 0.0991. The minimum Gasteiger partial charge on any atom is -0.379 e. The summed E-state index contributed by atoms with van der Waals surface area (Å²) in [5, 5.41) is 10.2. The molecule has 0 bridgehead atoms. The monoisotopic (exact) mass is 490 g/mol. The molecule has 35 heavy (non-hydrogen) atoms. The molecular formula is C22H25F3N8O2. The minimum atomic E-state index is -4.50. The largest absolute Gasteiger partial charge is 0.433 e. The van der Waals surface area contributed by atoms with Crippen molar-refractivity contribution >= 4 is 23.4 Å². The first-order valence-corrected chi connectivity index (χ1v) is 10.8. The van der Waals surface area contributed by atoms with Crippen LogP contribution in [0, 0.1) is 6.92 Å². The lowest BCUT2D eigenvalue weighted by Gasteiger charge is -2.37. The van der Waals surface area contributed by atoms with Crippen molar-refractivity contribution in [1.82, 2.24) is 24.7 Å². The van der Waals surface area contributed by atoms with Crippen molar-refractivity contribution in [3.63, 3.8) is 0 Å². The van der Waals surface area contributed by atoms with Crippen molar-refractivity contribution < 1.29 is 22.7 Å². The number of methoxy groups -OCH3 is 1. The second-order valence-electron chi connectivity index (χ2n) is 8.23. The second-order valence-corrected chi connectivity index (χ2v) is 8.23. The van der Waals surface area contributed by atoms with E-state index in [1.54, 1.807) is 38.4 Å². The number of rotatable bonds is 7. The zero-order valence-electron chi connectivity index (χ0n) is 19.6. The molecule has 3 aromatic rings. The Bertz CT molecular complexity index is 1230. The first-order chi connectivity index (χ1) is 16.6. The molecule has 10 nitrogen and oxygen atoms in total. The highest BCUT2D eigenvalue weighted by Gasteiger charge is 2.37. The van der Waals surface area contributed by atoms with E-state index < -0.39 is 17.9 Å². The van der Waals surface area contributed by atoms with Crippen LogP contribution in [0.4, 0.5) is 30.6 Å². The van der Waals surface area contributed by atoms with Crippen LogP contribution in [0.5, 0.6) is 0 Å². The topological polar surface area (TPSA) is 110 Å². The molecule has 0 radical (unpaired) electrons. The van der Waals surface area contributed by atoms with Crippen LogP contribution in [0.25, 0.3) is 0 Å². The van der Waals surface area contributed by atoms with Crippen molar-refractivity contribution in [3.05, 3.63) is 53.2 Å². The molecular weight excluding hydrogens is 465 g/mol. The Morgan fingerprint density at radius 1 is 1.26 bits per heavy atom. The summed E-state index contributed by atoms with van der Waals surface area (Å²) >= 11 is 0. The van der Waals surface area contributed by atoms with Crippen LogP contribution >= 0.6 is 0 Å². The van der Waals surface area contributed by atoms with Gasteiger partial charge in [-0.05, 0) is 26.0 Å². The van der Waals surface area contributed by atoms with Gasteiger partial charge in [0.05, 0.1) is 30.2 Å². The Morgan fingerprint density at radius 2 is 2.03 bits per heavy atom. The Morgan fingerprint density at radius 3 is 2.74 bits per heavy atom. The standard InChI is InChI=1S/C22H25F3N8O2/c1-12-17-19(32(3)18(13(2)35-4)20(34)30-17)31-21(28-12)26-8-14-9-27-33(10-14)11-15-6-5-7-16(29-15)22(23,24)25/h5-7,9-10,13,18H,8,11H2,1-4H3,(H,30,34)(H,26,28,31)/t13-,18+/m1/s1. The number of anilines is 3. The van der Waals surface area contributed by atoms with Crippen molar-refractivity contribution in [2.24, 2.45) is 0 Å². The molecule has 0 saturated carbocycles. The third-order valence-electron chi connectivity index (χ3n) is 5.71. The van der Waals surface area contributed by atoms with E-state index in [0.29, 0.717) is 29.7 Å². The lowest BCUT2D eigenvalue weighted by atomic mass is 10.1. The number of carbonyl (C=O) groups excluding carboxylic acids is 1. The van der Waals surface area contributed by atoms with Crippen molar-refractivity contribution in [2.75, 3.05) is 29.7 Å². The van der Waals surface area contributed by atoms with Crippen LogP contribution in [0.1, 0.15) is 29.6 Å². The van der Waals surface area contributed by atoms with Gasteiger partial charge in [0.25, 0.3) is 0 Å². The van der Waals surface area contributed by atoms with E-state index in [4.69, 9.17) is 4.74 Å². The molecule has 13 heteroatoms. The van der Waals surface area contributed by atoms with Crippen LogP contribution in [0.15, 0.2) is 30.6 Å². The lowest BCUT2D eigenvalue weighted by Crippen LogP contribution is -2.53. The van der Waals surface area contributed by atoms with Gasteiger partial charge in [-0.15, -0.1) is 0 Å². The van der Waals surface area contributed by atoms with Gasteiger partial charge < -0.3 is 20.3 Å². The summed E-state index contributed by atoms with van der Waals surface area (Å²) in [6.45, 7) is 4.02. The van der Waals surface area contributed by atoms with E-state index in [1.807, 2.05) is 6.92 Å². The quantitative estimate of drug-likeness (QED) is 0.520. The summed E-state index contributed by atoms with van der Waals surface area (Å²) in [4.78, 5) is 27.0. The van der Waals surface area contributed by atoms with Crippen LogP contribution < -0.4 is 15.5 Å². The third kappa shape index (κ3) is 5.19. The molecule has 4 heterocycles. The third-order valence-corrected chi connectivity index (χ3v) is 5.71. The first kappa shape index (κ1) is 24.4. The molecule has 1 aliphatic rings. The molecule has 1 aliphatic heterocycles. The predicted molar refractivity (Wildman–Crippen MR) is 122 cm³/mol. The molecule has 2 N–H and O–H groups in total. The highest BCUT2D eigenvalue weighted by atomic mass is 19.4. The van der Waals surface area contributed by atoms with Crippen LogP contribution in [0.2, 0.25) is 0 Å². The zero-order chi connectivity index (χ0) is 25.3. The summed E-state index contributed by atoms with van der Waals surface area (Å²) in [5.41, 5.74) is 1.24. The molecule has 0 spiro atoms. The molecule has 3 aromatic heterocycles. The second kappa shape index (κ2) is 9.49. The predicted octanol–water partition coefficient (Wildman–Crippen LogP) is 2.85. The number of amides is 1. The molecule has 186 valence electrons. The summed E-state index contributed by atoms with van der Waals surface area (Å²) < 4.78 is 45.5. The number of nitrogens with zero attached hydrogens (tertiary/aromatic N) is 6.